The highest BCUT2D eigenvalue weighted by Crippen LogP contribution is 2.57. The van der Waals surface area contributed by atoms with E-state index < -0.39 is 0 Å². The minimum absolute atomic E-state index is 0.00746. The molecule has 0 saturated heterocycles. The molecule has 1 aromatic rings. The number of rotatable bonds is 9. The summed E-state index contributed by atoms with van der Waals surface area (Å²) in [5.74, 6) is 0.773. The molecule has 3 heteroatoms. The summed E-state index contributed by atoms with van der Waals surface area (Å²) in [5.41, 5.74) is 7.00. The molecule has 0 aliphatic heterocycles. The molecule has 0 N–H and O–H groups in total. The van der Waals surface area contributed by atoms with Gasteiger partial charge < -0.3 is 0 Å². The summed E-state index contributed by atoms with van der Waals surface area (Å²) in [6.07, 6.45) is 14.3. The molecule has 1 nitrogen and oxygen atoms in total. The second-order valence-corrected chi connectivity index (χ2v) is 14.0. The van der Waals surface area contributed by atoms with Crippen molar-refractivity contribution in [3.05, 3.63) is 80.9 Å². The molecule has 2 aliphatic carbocycles. The number of aliphatic imine (C=N–C) groups is 1. The average Bonchev–Trinajstić information content (AvgIpc) is 2.90. The van der Waals surface area contributed by atoms with Gasteiger partial charge in [0.15, 0.2) is 0 Å². The first-order chi connectivity index (χ1) is 18.2. The molecule has 3 rings (SSSR count). The van der Waals surface area contributed by atoms with Gasteiger partial charge in [-0.2, -0.15) is 0 Å². The molecule has 1 aromatic carbocycles. The van der Waals surface area contributed by atoms with Gasteiger partial charge in [-0.3, -0.25) is 4.99 Å². The predicted molar refractivity (Wildman–Crippen MR) is 174 cm³/mol. The summed E-state index contributed by atoms with van der Waals surface area (Å²) in [7, 11) is 0. The van der Waals surface area contributed by atoms with Gasteiger partial charge in [0.1, 0.15) is 0 Å². The van der Waals surface area contributed by atoms with E-state index in [1.165, 1.54) is 16.8 Å². The van der Waals surface area contributed by atoms with Crippen LogP contribution in [0.15, 0.2) is 75.3 Å². The van der Waals surface area contributed by atoms with E-state index in [0.717, 1.165) is 42.2 Å². The topological polar surface area (TPSA) is 12.4 Å². The minimum Gasteiger partial charge on any atom is -0.284 e. The summed E-state index contributed by atoms with van der Waals surface area (Å²) in [6.45, 7) is 23.7. The molecule has 214 valence electrons. The van der Waals surface area contributed by atoms with Gasteiger partial charge in [-0.15, -0.1) is 0 Å². The first-order valence-corrected chi connectivity index (χ1v) is 15.8. The Bertz CT molecular complexity index is 1170. The fourth-order valence-corrected chi connectivity index (χ4v) is 7.00. The summed E-state index contributed by atoms with van der Waals surface area (Å²) in [6, 6.07) is 8.32. The number of hydrogen-bond donors (Lipinski definition) is 0. The first-order valence-electron chi connectivity index (χ1n) is 15.1. The summed E-state index contributed by atoms with van der Waals surface area (Å²) >= 11 is 12.6. The largest absolute Gasteiger partial charge is 0.284 e. The molecule has 0 bridgehead atoms. The second kappa shape index (κ2) is 12.5. The molecule has 2 aliphatic rings. The van der Waals surface area contributed by atoms with E-state index >= 15 is 0 Å². The van der Waals surface area contributed by atoms with E-state index in [1.54, 1.807) is 11.1 Å². The fraction of sp³-hybridized carbons (Fsp3) is 0.583. The molecule has 5 atom stereocenters. The van der Waals surface area contributed by atoms with Gasteiger partial charge in [0, 0.05) is 32.5 Å². The van der Waals surface area contributed by atoms with Crippen LogP contribution >= 0.6 is 23.2 Å². The summed E-state index contributed by atoms with van der Waals surface area (Å²) in [5, 5.41) is 1.69. The monoisotopic (exact) mass is 567 g/mol. The number of nitrogens with zero attached hydrogens (tertiary/aromatic N) is 1. The van der Waals surface area contributed by atoms with Crippen LogP contribution in [-0.2, 0) is 0 Å². The lowest BCUT2D eigenvalue weighted by Crippen LogP contribution is -2.43. The van der Waals surface area contributed by atoms with Gasteiger partial charge in [0.25, 0.3) is 0 Å². The smallest absolute Gasteiger partial charge is 0.0811 e. The van der Waals surface area contributed by atoms with Crippen LogP contribution in [0.2, 0.25) is 5.02 Å². The Morgan fingerprint density at radius 2 is 1.59 bits per heavy atom. The highest BCUT2D eigenvalue weighted by molar-refractivity contribution is 6.30. The number of halogens is 2. The lowest BCUT2D eigenvalue weighted by Gasteiger charge is -2.51. The van der Waals surface area contributed by atoms with Gasteiger partial charge in [-0.25, -0.2) is 0 Å². The normalized spacial score (nSPS) is 26.7. The van der Waals surface area contributed by atoms with Crippen molar-refractivity contribution in [1.82, 2.24) is 0 Å². The van der Waals surface area contributed by atoms with Gasteiger partial charge in [-0.1, -0.05) is 133 Å². The van der Waals surface area contributed by atoms with Crippen LogP contribution in [0.3, 0.4) is 0 Å². The zero-order valence-corrected chi connectivity index (χ0v) is 27.6. The molecular formula is C36H51Cl2N. The third-order valence-electron chi connectivity index (χ3n) is 9.91. The van der Waals surface area contributed by atoms with E-state index in [2.05, 4.69) is 106 Å². The SMILES string of the molecule is CCC(=NC(c1ccc(Cl)cc1)C(C)C1=CC=C(Cl)CC1)C1(C)C=CC(C)(C(C)(C)C)C(C(C)CC)=C1CC. The van der Waals surface area contributed by atoms with Crippen molar-refractivity contribution in [1.29, 1.82) is 0 Å². The Kier molecular flexibility index (Phi) is 10.3. The molecule has 0 saturated carbocycles. The molecule has 0 amide bonds. The van der Waals surface area contributed by atoms with Crippen molar-refractivity contribution in [2.45, 2.75) is 107 Å². The maximum Gasteiger partial charge on any atom is 0.0811 e. The first kappa shape index (κ1) is 32.0. The van der Waals surface area contributed by atoms with E-state index in [4.69, 9.17) is 28.2 Å². The van der Waals surface area contributed by atoms with E-state index in [9.17, 15) is 0 Å². The maximum absolute atomic E-state index is 6.33. The Hall–Kier alpha value is -1.57. The van der Waals surface area contributed by atoms with Crippen molar-refractivity contribution in [2.75, 3.05) is 0 Å². The summed E-state index contributed by atoms with van der Waals surface area (Å²) < 4.78 is 0. The number of hydrogen-bond acceptors (Lipinski definition) is 1. The Balaban J connectivity index is 2.24. The Morgan fingerprint density at radius 3 is 2.08 bits per heavy atom. The Morgan fingerprint density at radius 1 is 0.949 bits per heavy atom. The highest BCUT2D eigenvalue weighted by atomic mass is 35.5. The molecular weight excluding hydrogens is 517 g/mol. The van der Waals surface area contributed by atoms with E-state index in [0.29, 0.717) is 5.92 Å². The lowest BCUT2D eigenvalue weighted by molar-refractivity contribution is 0.186. The van der Waals surface area contributed by atoms with Crippen molar-refractivity contribution in [3.63, 3.8) is 0 Å². The highest BCUT2D eigenvalue weighted by Gasteiger charge is 2.48. The third-order valence-corrected chi connectivity index (χ3v) is 10.5. The molecule has 5 unspecified atom stereocenters. The van der Waals surface area contributed by atoms with Crippen LogP contribution in [-0.4, -0.2) is 5.71 Å². The van der Waals surface area contributed by atoms with Crippen molar-refractivity contribution < 1.29 is 0 Å². The van der Waals surface area contributed by atoms with Crippen LogP contribution in [0.25, 0.3) is 0 Å². The van der Waals surface area contributed by atoms with Gasteiger partial charge >= 0.3 is 0 Å². The van der Waals surface area contributed by atoms with Gasteiger partial charge in [0.05, 0.1) is 6.04 Å². The number of benzene rings is 1. The van der Waals surface area contributed by atoms with Crippen LogP contribution in [0.5, 0.6) is 0 Å². The van der Waals surface area contributed by atoms with E-state index in [-0.39, 0.29) is 28.2 Å². The maximum atomic E-state index is 6.33. The van der Waals surface area contributed by atoms with Crippen molar-refractivity contribution in [2.24, 2.45) is 33.1 Å². The zero-order valence-electron chi connectivity index (χ0n) is 26.1. The molecule has 0 heterocycles. The molecule has 0 radical (unpaired) electrons. The quantitative estimate of drug-likeness (QED) is 0.208. The third kappa shape index (κ3) is 6.36. The predicted octanol–water partition coefficient (Wildman–Crippen LogP) is 12.1. The lowest BCUT2D eigenvalue weighted by atomic mass is 9.53. The second-order valence-electron chi connectivity index (χ2n) is 13.1. The minimum atomic E-state index is -0.207. The van der Waals surface area contributed by atoms with Crippen LogP contribution in [0.4, 0.5) is 0 Å². The molecule has 39 heavy (non-hydrogen) atoms. The van der Waals surface area contributed by atoms with Gasteiger partial charge in [-0.05, 0) is 74.1 Å². The summed E-state index contributed by atoms with van der Waals surface area (Å²) in [4.78, 5) is 5.71. The van der Waals surface area contributed by atoms with Crippen molar-refractivity contribution in [3.8, 4) is 0 Å². The Labute approximate surface area is 249 Å². The van der Waals surface area contributed by atoms with E-state index in [1.807, 2.05) is 12.1 Å². The standard InChI is InChI=1S/C36H51Cl2N/c1-11-24(4)32-30(12-2)35(9,22-23-36(32,10)34(6,7)8)31(13-3)39-33(27-16-20-29(38)21-17-27)25(5)26-14-18-28(37)19-15-26/h14,16-18,20-25,33H,11-13,15,19H2,1-10H3. The van der Waals surface area contributed by atoms with Crippen LogP contribution < -0.4 is 0 Å². The number of allylic oxidation sites excluding steroid dienone is 7. The molecule has 0 fully saturated rings. The fourth-order valence-electron chi connectivity index (χ4n) is 6.72. The van der Waals surface area contributed by atoms with Crippen LogP contribution in [0, 0.1) is 28.1 Å². The van der Waals surface area contributed by atoms with Gasteiger partial charge in [0.2, 0.25) is 0 Å². The molecule has 0 aromatic heterocycles. The zero-order chi connectivity index (χ0) is 29.2. The molecule has 0 spiro atoms. The van der Waals surface area contributed by atoms with Crippen molar-refractivity contribution >= 4 is 28.9 Å². The average molecular weight is 569 g/mol. The van der Waals surface area contributed by atoms with Crippen LogP contribution in [0.1, 0.15) is 113 Å².